The SMILES string of the molecule is COCc1ccoc1C(=O)C(F)(F)F. The minimum atomic E-state index is -4.92. The topological polar surface area (TPSA) is 39.4 Å². The third kappa shape index (κ3) is 2.14. The van der Waals surface area contributed by atoms with Crippen LogP contribution in [0.1, 0.15) is 16.1 Å². The van der Waals surface area contributed by atoms with E-state index in [1.807, 2.05) is 0 Å². The molecule has 1 rings (SSSR count). The Labute approximate surface area is 77.5 Å². The Bertz CT molecular complexity index is 327. The normalized spacial score (nSPS) is 11.7. The van der Waals surface area contributed by atoms with E-state index in [2.05, 4.69) is 9.15 Å². The molecular formula is C8H7F3O3. The molecule has 0 amide bonds. The fourth-order valence-corrected chi connectivity index (χ4v) is 0.933. The van der Waals surface area contributed by atoms with Gasteiger partial charge in [-0.3, -0.25) is 4.79 Å². The highest BCUT2D eigenvalue weighted by atomic mass is 19.4. The van der Waals surface area contributed by atoms with Crippen LogP contribution in [0.15, 0.2) is 16.7 Å². The number of carbonyl (C=O) groups is 1. The molecule has 1 aromatic rings. The second kappa shape index (κ2) is 3.83. The van der Waals surface area contributed by atoms with Crippen LogP contribution >= 0.6 is 0 Å². The smallest absolute Gasteiger partial charge is 0.458 e. The number of furan rings is 1. The van der Waals surface area contributed by atoms with Crippen molar-refractivity contribution in [2.24, 2.45) is 0 Å². The van der Waals surface area contributed by atoms with Gasteiger partial charge in [-0.25, -0.2) is 0 Å². The molecule has 1 aromatic heterocycles. The number of halogens is 3. The zero-order valence-electron chi connectivity index (χ0n) is 7.22. The average molecular weight is 208 g/mol. The van der Waals surface area contributed by atoms with Crippen molar-refractivity contribution in [2.45, 2.75) is 12.8 Å². The Hall–Kier alpha value is -1.30. The minimum absolute atomic E-state index is 0.0896. The number of ketones is 1. The van der Waals surface area contributed by atoms with Crippen molar-refractivity contribution < 1.29 is 27.1 Å². The molecule has 1 heterocycles. The zero-order chi connectivity index (χ0) is 10.8. The van der Waals surface area contributed by atoms with Crippen molar-refractivity contribution in [3.8, 4) is 0 Å². The Kier molecular flexibility index (Phi) is 2.95. The predicted octanol–water partition coefficient (Wildman–Crippen LogP) is 2.17. The number of rotatable bonds is 3. The maximum Gasteiger partial charge on any atom is 0.458 e. The third-order valence-corrected chi connectivity index (χ3v) is 1.51. The first-order chi connectivity index (χ1) is 6.46. The van der Waals surface area contributed by atoms with Crippen molar-refractivity contribution in [2.75, 3.05) is 7.11 Å². The third-order valence-electron chi connectivity index (χ3n) is 1.51. The van der Waals surface area contributed by atoms with Crippen LogP contribution in [0.2, 0.25) is 0 Å². The minimum Gasteiger partial charge on any atom is -0.460 e. The Morgan fingerprint density at radius 3 is 2.71 bits per heavy atom. The second-order valence-electron chi connectivity index (χ2n) is 2.53. The maximum absolute atomic E-state index is 12.0. The van der Waals surface area contributed by atoms with Gasteiger partial charge in [-0.15, -0.1) is 0 Å². The van der Waals surface area contributed by atoms with Crippen LogP contribution in [-0.4, -0.2) is 19.1 Å². The van der Waals surface area contributed by atoms with Crippen LogP contribution in [0.25, 0.3) is 0 Å². The standard InChI is InChI=1S/C8H7F3O3/c1-13-4-5-2-3-14-6(5)7(12)8(9,10)11/h2-3H,4H2,1H3. The van der Waals surface area contributed by atoms with E-state index < -0.39 is 17.7 Å². The molecule has 14 heavy (non-hydrogen) atoms. The molecule has 0 aliphatic heterocycles. The lowest BCUT2D eigenvalue weighted by atomic mass is 10.2. The lowest BCUT2D eigenvalue weighted by Crippen LogP contribution is -2.23. The summed E-state index contributed by atoms with van der Waals surface area (Å²) in [7, 11) is 1.31. The number of Topliss-reactive ketones (excluding diaryl/α,β-unsaturated/α-hetero) is 1. The van der Waals surface area contributed by atoms with E-state index in [0.717, 1.165) is 6.26 Å². The van der Waals surface area contributed by atoms with Crippen LogP contribution < -0.4 is 0 Å². The molecule has 0 N–H and O–H groups in total. The van der Waals surface area contributed by atoms with Gasteiger partial charge < -0.3 is 9.15 Å². The van der Waals surface area contributed by atoms with Crippen LogP contribution in [0.5, 0.6) is 0 Å². The molecule has 0 spiro atoms. The van der Waals surface area contributed by atoms with E-state index in [9.17, 15) is 18.0 Å². The van der Waals surface area contributed by atoms with Crippen molar-refractivity contribution in [3.05, 3.63) is 23.7 Å². The Balaban J connectivity index is 2.95. The van der Waals surface area contributed by atoms with Gasteiger partial charge >= 0.3 is 12.0 Å². The summed E-state index contributed by atoms with van der Waals surface area (Å²) in [6.45, 7) is -0.0896. The Morgan fingerprint density at radius 1 is 1.57 bits per heavy atom. The molecule has 3 nitrogen and oxygen atoms in total. The van der Waals surface area contributed by atoms with Crippen molar-refractivity contribution in [1.82, 2.24) is 0 Å². The molecule has 0 atom stereocenters. The van der Waals surface area contributed by atoms with Gasteiger partial charge in [-0.2, -0.15) is 13.2 Å². The summed E-state index contributed by atoms with van der Waals surface area (Å²) in [6, 6.07) is 1.27. The predicted molar refractivity (Wildman–Crippen MR) is 39.8 cm³/mol. The van der Waals surface area contributed by atoms with Gasteiger partial charge in [-0.1, -0.05) is 0 Å². The molecule has 0 aliphatic carbocycles. The van der Waals surface area contributed by atoms with Gasteiger partial charge in [0, 0.05) is 12.7 Å². The van der Waals surface area contributed by atoms with Gasteiger partial charge in [0.25, 0.3) is 0 Å². The summed E-state index contributed by atoms with van der Waals surface area (Å²) >= 11 is 0. The van der Waals surface area contributed by atoms with Crippen molar-refractivity contribution in [1.29, 1.82) is 0 Å². The summed E-state index contributed by atoms with van der Waals surface area (Å²) in [5, 5.41) is 0. The number of hydrogen-bond acceptors (Lipinski definition) is 3. The monoisotopic (exact) mass is 208 g/mol. The lowest BCUT2D eigenvalue weighted by Gasteiger charge is -2.03. The number of ether oxygens (including phenoxy) is 1. The summed E-state index contributed by atoms with van der Waals surface area (Å²) in [5.41, 5.74) is 0.0924. The summed E-state index contributed by atoms with van der Waals surface area (Å²) in [6.07, 6.45) is -3.90. The van der Waals surface area contributed by atoms with E-state index >= 15 is 0 Å². The van der Waals surface area contributed by atoms with E-state index in [-0.39, 0.29) is 12.2 Å². The highest BCUT2D eigenvalue weighted by Gasteiger charge is 2.42. The number of alkyl halides is 3. The number of carbonyl (C=O) groups excluding carboxylic acids is 1. The number of methoxy groups -OCH3 is 1. The zero-order valence-corrected chi connectivity index (χ0v) is 7.22. The van der Waals surface area contributed by atoms with Gasteiger partial charge in [0.05, 0.1) is 12.9 Å². The van der Waals surface area contributed by atoms with E-state index in [4.69, 9.17) is 0 Å². The Morgan fingerprint density at radius 2 is 2.21 bits per heavy atom. The van der Waals surface area contributed by atoms with Crippen molar-refractivity contribution >= 4 is 5.78 Å². The first kappa shape index (κ1) is 10.8. The van der Waals surface area contributed by atoms with E-state index in [0.29, 0.717) is 0 Å². The lowest BCUT2D eigenvalue weighted by molar-refractivity contribution is -0.0900. The molecular weight excluding hydrogens is 201 g/mol. The van der Waals surface area contributed by atoms with Crippen LogP contribution in [-0.2, 0) is 11.3 Å². The average Bonchev–Trinajstić information content (AvgIpc) is 2.50. The highest BCUT2D eigenvalue weighted by Crippen LogP contribution is 2.24. The first-order valence-electron chi connectivity index (χ1n) is 3.63. The molecule has 0 radical (unpaired) electrons. The quantitative estimate of drug-likeness (QED) is 0.714. The number of hydrogen-bond donors (Lipinski definition) is 0. The molecule has 0 aliphatic rings. The molecule has 0 bridgehead atoms. The van der Waals surface area contributed by atoms with Crippen LogP contribution in [0.4, 0.5) is 13.2 Å². The molecule has 78 valence electrons. The van der Waals surface area contributed by atoms with Gasteiger partial charge in [0.1, 0.15) is 0 Å². The fourth-order valence-electron chi connectivity index (χ4n) is 0.933. The van der Waals surface area contributed by atoms with Crippen LogP contribution in [0.3, 0.4) is 0 Å². The molecule has 6 heteroatoms. The first-order valence-corrected chi connectivity index (χ1v) is 3.63. The summed E-state index contributed by atoms with van der Waals surface area (Å²) < 4.78 is 45.0. The van der Waals surface area contributed by atoms with Crippen molar-refractivity contribution in [3.63, 3.8) is 0 Å². The fraction of sp³-hybridized carbons (Fsp3) is 0.375. The van der Waals surface area contributed by atoms with E-state index in [1.54, 1.807) is 0 Å². The highest BCUT2D eigenvalue weighted by molar-refractivity contribution is 5.99. The molecule has 0 aromatic carbocycles. The molecule has 0 unspecified atom stereocenters. The summed E-state index contributed by atoms with van der Waals surface area (Å²) in [5.74, 6) is -2.70. The molecule has 0 fully saturated rings. The molecule has 0 saturated carbocycles. The second-order valence-corrected chi connectivity index (χ2v) is 2.53. The van der Waals surface area contributed by atoms with Gasteiger partial charge in [0.15, 0.2) is 5.76 Å². The van der Waals surface area contributed by atoms with E-state index in [1.165, 1.54) is 13.2 Å². The van der Waals surface area contributed by atoms with Gasteiger partial charge in [0.2, 0.25) is 0 Å². The largest absolute Gasteiger partial charge is 0.460 e. The van der Waals surface area contributed by atoms with Crippen LogP contribution in [0, 0.1) is 0 Å². The van der Waals surface area contributed by atoms with Gasteiger partial charge in [-0.05, 0) is 6.07 Å². The summed E-state index contributed by atoms with van der Waals surface area (Å²) in [4.78, 5) is 10.7. The molecule has 0 saturated heterocycles. The maximum atomic E-state index is 12.0.